The summed E-state index contributed by atoms with van der Waals surface area (Å²) in [6, 6.07) is 8.02. The Balaban J connectivity index is 2.63. The first-order valence-electron chi connectivity index (χ1n) is 6.79. The van der Waals surface area contributed by atoms with Crippen molar-refractivity contribution >= 4 is 5.69 Å². The van der Waals surface area contributed by atoms with Gasteiger partial charge in [-0.05, 0) is 31.7 Å². The Kier molecular flexibility index (Phi) is 6.76. The van der Waals surface area contributed by atoms with Crippen molar-refractivity contribution in [3.05, 3.63) is 29.8 Å². The van der Waals surface area contributed by atoms with Crippen LogP contribution >= 0.6 is 0 Å². The summed E-state index contributed by atoms with van der Waals surface area (Å²) in [6.45, 7) is 3.21. The normalized spacial score (nSPS) is 12.4. The van der Waals surface area contributed by atoms with Gasteiger partial charge < -0.3 is 15.1 Å². The third kappa shape index (κ3) is 4.31. The lowest BCUT2D eigenvalue weighted by Gasteiger charge is -2.24. The van der Waals surface area contributed by atoms with E-state index >= 15 is 0 Å². The molecular weight excluding hydrogens is 226 g/mol. The van der Waals surface area contributed by atoms with Gasteiger partial charge in [-0.2, -0.15) is 0 Å². The van der Waals surface area contributed by atoms with Crippen LogP contribution < -0.4 is 4.90 Å². The molecular formula is C15H25NO2. The molecule has 0 bridgehead atoms. The number of unbranched alkanes of at least 4 members (excludes halogenated alkanes) is 2. The van der Waals surface area contributed by atoms with E-state index in [1.807, 2.05) is 25.1 Å². The van der Waals surface area contributed by atoms with Gasteiger partial charge in [0.15, 0.2) is 0 Å². The number of nitrogens with zero attached hydrogens (tertiary/aromatic N) is 1. The monoisotopic (exact) mass is 251 g/mol. The lowest BCUT2D eigenvalue weighted by molar-refractivity contribution is 0.174. The van der Waals surface area contributed by atoms with Crippen LogP contribution in [0.5, 0.6) is 0 Å². The van der Waals surface area contributed by atoms with Gasteiger partial charge in [0, 0.05) is 31.5 Å². The second-order valence-corrected chi connectivity index (χ2v) is 4.69. The van der Waals surface area contributed by atoms with E-state index in [-0.39, 0.29) is 12.7 Å². The zero-order valence-corrected chi connectivity index (χ0v) is 11.5. The van der Waals surface area contributed by atoms with Crippen molar-refractivity contribution in [2.75, 3.05) is 25.1 Å². The average Bonchev–Trinajstić information content (AvgIpc) is 2.42. The topological polar surface area (TPSA) is 43.7 Å². The van der Waals surface area contributed by atoms with Crippen LogP contribution in [0.1, 0.15) is 44.3 Å². The van der Waals surface area contributed by atoms with Gasteiger partial charge in [-0.25, -0.2) is 0 Å². The number of anilines is 1. The Morgan fingerprint density at radius 2 is 1.89 bits per heavy atom. The van der Waals surface area contributed by atoms with E-state index in [4.69, 9.17) is 5.11 Å². The van der Waals surface area contributed by atoms with E-state index in [2.05, 4.69) is 18.0 Å². The van der Waals surface area contributed by atoms with Crippen molar-refractivity contribution in [2.45, 2.75) is 38.7 Å². The number of rotatable bonds is 8. The zero-order valence-electron chi connectivity index (χ0n) is 11.5. The molecule has 0 aliphatic carbocycles. The van der Waals surface area contributed by atoms with E-state index < -0.39 is 0 Å². The Morgan fingerprint density at radius 3 is 2.56 bits per heavy atom. The summed E-state index contributed by atoms with van der Waals surface area (Å²) in [5.41, 5.74) is 2.11. The summed E-state index contributed by atoms with van der Waals surface area (Å²) in [5.74, 6) is 0. The van der Waals surface area contributed by atoms with Gasteiger partial charge in [-0.1, -0.05) is 25.1 Å². The minimum atomic E-state index is -0.388. The summed E-state index contributed by atoms with van der Waals surface area (Å²) >= 11 is 0. The fourth-order valence-electron chi connectivity index (χ4n) is 2.09. The Labute approximate surface area is 110 Å². The molecule has 1 rings (SSSR count). The zero-order chi connectivity index (χ0) is 13.4. The Hall–Kier alpha value is -1.06. The van der Waals surface area contributed by atoms with E-state index in [1.54, 1.807) is 0 Å². The molecule has 0 heterocycles. The highest BCUT2D eigenvalue weighted by molar-refractivity contribution is 5.54. The molecule has 0 aliphatic rings. The molecule has 0 aromatic heterocycles. The van der Waals surface area contributed by atoms with Gasteiger partial charge in [-0.15, -0.1) is 0 Å². The number of para-hydroxylation sites is 1. The van der Waals surface area contributed by atoms with E-state index in [9.17, 15) is 5.11 Å². The predicted octanol–water partition coefficient (Wildman–Crippen LogP) is 2.73. The van der Waals surface area contributed by atoms with Crippen LogP contribution in [0.3, 0.4) is 0 Å². The van der Waals surface area contributed by atoms with Crippen LogP contribution in [0, 0.1) is 0 Å². The van der Waals surface area contributed by atoms with Crippen LogP contribution in [-0.2, 0) is 0 Å². The number of hydrogen-bond donors (Lipinski definition) is 2. The second-order valence-electron chi connectivity index (χ2n) is 4.69. The molecule has 2 N–H and O–H groups in total. The number of hydrogen-bond acceptors (Lipinski definition) is 3. The molecule has 1 atom stereocenters. The summed E-state index contributed by atoms with van der Waals surface area (Å²) in [7, 11) is 2.06. The van der Waals surface area contributed by atoms with Crippen LogP contribution in [0.2, 0.25) is 0 Å². The smallest absolute Gasteiger partial charge is 0.0807 e. The first-order valence-corrected chi connectivity index (χ1v) is 6.79. The van der Waals surface area contributed by atoms with E-state index in [1.165, 1.54) is 0 Å². The largest absolute Gasteiger partial charge is 0.396 e. The first-order chi connectivity index (χ1) is 8.70. The third-order valence-electron chi connectivity index (χ3n) is 3.25. The lowest BCUT2D eigenvalue weighted by Crippen LogP contribution is -2.20. The SMILES string of the molecule is CCC(O)c1ccccc1N(C)CCCCCO. The second kappa shape index (κ2) is 8.11. The standard InChI is InChI=1S/C15H25NO2/c1-3-15(18)13-9-5-6-10-14(13)16(2)11-7-4-8-12-17/h5-6,9-10,15,17-18H,3-4,7-8,11-12H2,1-2H3. The Bertz CT molecular complexity index is 341. The van der Waals surface area contributed by atoms with Crippen molar-refractivity contribution in [1.82, 2.24) is 0 Å². The van der Waals surface area contributed by atoms with Gasteiger partial charge in [0.2, 0.25) is 0 Å². The maximum absolute atomic E-state index is 10.0. The molecule has 0 aliphatic heterocycles. The first kappa shape index (κ1) is 15.0. The van der Waals surface area contributed by atoms with Crippen molar-refractivity contribution < 1.29 is 10.2 Å². The fraction of sp³-hybridized carbons (Fsp3) is 0.600. The molecule has 0 spiro atoms. The summed E-state index contributed by atoms with van der Waals surface area (Å²) < 4.78 is 0. The lowest BCUT2D eigenvalue weighted by atomic mass is 10.0. The van der Waals surface area contributed by atoms with Crippen molar-refractivity contribution in [1.29, 1.82) is 0 Å². The van der Waals surface area contributed by atoms with Gasteiger partial charge in [0.1, 0.15) is 0 Å². The molecule has 3 heteroatoms. The molecule has 0 fully saturated rings. The molecule has 0 amide bonds. The van der Waals surface area contributed by atoms with Crippen LogP contribution in [-0.4, -0.2) is 30.4 Å². The molecule has 18 heavy (non-hydrogen) atoms. The van der Waals surface area contributed by atoms with Crippen LogP contribution in [0.4, 0.5) is 5.69 Å². The van der Waals surface area contributed by atoms with Gasteiger partial charge in [-0.3, -0.25) is 0 Å². The molecule has 0 radical (unpaired) electrons. The van der Waals surface area contributed by atoms with E-state index in [0.717, 1.165) is 43.5 Å². The summed E-state index contributed by atoms with van der Waals surface area (Å²) in [5, 5.41) is 18.8. The highest BCUT2D eigenvalue weighted by Crippen LogP contribution is 2.27. The van der Waals surface area contributed by atoms with Crippen LogP contribution in [0.25, 0.3) is 0 Å². The quantitative estimate of drug-likeness (QED) is 0.698. The average molecular weight is 251 g/mol. The number of benzene rings is 1. The van der Waals surface area contributed by atoms with Crippen molar-refractivity contribution in [3.8, 4) is 0 Å². The minimum Gasteiger partial charge on any atom is -0.396 e. The summed E-state index contributed by atoms with van der Waals surface area (Å²) in [4.78, 5) is 2.19. The number of aliphatic hydroxyl groups is 2. The highest BCUT2D eigenvalue weighted by atomic mass is 16.3. The van der Waals surface area contributed by atoms with Crippen LogP contribution in [0.15, 0.2) is 24.3 Å². The fourth-order valence-corrected chi connectivity index (χ4v) is 2.09. The van der Waals surface area contributed by atoms with Crippen molar-refractivity contribution in [3.63, 3.8) is 0 Å². The third-order valence-corrected chi connectivity index (χ3v) is 3.25. The summed E-state index contributed by atoms with van der Waals surface area (Å²) in [6.07, 6.45) is 3.32. The molecule has 1 unspecified atom stereocenters. The number of aliphatic hydroxyl groups excluding tert-OH is 2. The maximum Gasteiger partial charge on any atom is 0.0807 e. The van der Waals surface area contributed by atoms with Gasteiger partial charge in [0.05, 0.1) is 6.10 Å². The molecule has 0 saturated heterocycles. The minimum absolute atomic E-state index is 0.273. The molecule has 1 aromatic carbocycles. The highest BCUT2D eigenvalue weighted by Gasteiger charge is 2.12. The Morgan fingerprint density at radius 1 is 1.17 bits per heavy atom. The molecule has 1 aromatic rings. The predicted molar refractivity (Wildman–Crippen MR) is 75.9 cm³/mol. The molecule has 102 valence electrons. The maximum atomic E-state index is 10.0. The van der Waals surface area contributed by atoms with E-state index in [0.29, 0.717) is 0 Å². The van der Waals surface area contributed by atoms with Gasteiger partial charge in [0.25, 0.3) is 0 Å². The van der Waals surface area contributed by atoms with Gasteiger partial charge >= 0.3 is 0 Å². The molecule has 0 saturated carbocycles. The van der Waals surface area contributed by atoms with Crippen molar-refractivity contribution in [2.24, 2.45) is 0 Å². The molecule has 3 nitrogen and oxygen atoms in total.